The largest absolute Gasteiger partial charge is 0.494 e. The Balaban J connectivity index is 2.99. The Morgan fingerprint density at radius 3 is 2.79 bits per heavy atom. The van der Waals surface area contributed by atoms with Gasteiger partial charge in [-0.15, -0.1) is 0 Å². The van der Waals surface area contributed by atoms with Gasteiger partial charge in [0.05, 0.1) is 0 Å². The minimum atomic E-state index is -0.438. The number of hydrogen-bond acceptors (Lipinski definition) is 2. The zero-order valence-corrected chi connectivity index (χ0v) is 7.49. The molecule has 0 bridgehead atoms. The molecule has 2 aromatic rings. The lowest BCUT2D eigenvalue weighted by molar-refractivity contribution is 0.430. The molecule has 14 heavy (non-hydrogen) atoms. The van der Waals surface area contributed by atoms with Crippen LogP contribution in [0.15, 0.2) is 29.1 Å². The number of benzene rings is 1. The lowest BCUT2D eigenvalue weighted by atomic mass is 10.1. The molecule has 0 saturated heterocycles. The number of halogens is 1. The minimum Gasteiger partial charge on any atom is -0.494 e. The molecule has 72 valence electrons. The molecule has 3 nitrogen and oxygen atoms in total. The Hall–Kier alpha value is -1.84. The summed E-state index contributed by atoms with van der Waals surface area (Å²) in [7, 11) is 1.43. The normalized spacial score (nSPS) is 10.7. The zero-order chi connectivity index (χ0) is 10.3. The Morgan fingerprint density at radius 2 is 2.07 bits per heavy atom. The zero-order valence-electron chi connectivity index (χ0n) is 7.49. The highest BCUT2D eigenvalue weighted by Crippen LogP contribution is 2.22. The molecule has 0 aliphatic rings. The number of fused-ring (bicyclic) bond motifs is 1. The molecule has 4 heteroatoms. The lowest BCUT2D eigenvalue weighted by Crippen LogP contribution is -2.14. The second kappa shape index (κ2) is 2.83. The van der Waals surface area contributed by atoms with Crippen LogP contribution in [-0.4, -0.2) is 9.67 Å². The third kappa shape index (κ3) is 1.16. The van der Waals surface area contributed by atoms with Gasteiger partial charge >= 0.3 is 0 Å². The van der Waals surface area contributed by atoms with Crippen molar-refractivity contribution >= 4 is 10.8 Å². The fraction of sp³-hybridized carbons (Fsp3) is 0.100. The van der Waals surface area contributed by atoms with Gasteiger partial charge in [0.15, 0.2) is 0 Å². The van der Waals surface area contributed by atoms with Gasteiger partial charge in [0, 0.05) is 18.5 Å². The summed E-state index contributed by atoms with van der Waals surface area (Å²) >= 11 is 0. The maximum absolute atomic E-state index is 12.9. The van der Waals surface area contributed by atoms with Gasteiger partial charge in [0.1, 0.15) is 5.82 Å². The van der Waals surface area contributed by atoms with E-state index in [0.717, 1.165) is 4.57 Å². The van der Waals surface area contributed by atoms with Gasteiger partial charge in [-0.1, -0.05) is 6.07 Å². The maximum Gasteiger partial charge on any atom is 0.253 e. The van der Waals surface area contributed by atoms with Crippen molar-refractivity contribution in [3.63, 3.8) is 0 Å². The first-order valence-corrected chi connectivity index (χ1v) is 4.08. The van der Waals surface area contributed by atoms with E-state index in [0.29, 0.717) is 10.8 Å². The molecular weight excluding hydrogens is 185 g/mol. The van der Waals surface area contributed by atoms with Crippen molar-refractivity contribution in [3.05, 3.63) is 40.4 Å². The van der Waals surface area contributed by atoms with Gasteiger partial charge in [-0.3, -0.25) is 9.36 Å². The fourth-order valence-corrected chi connectivity index (χ4v) is 1.36. The molecule has 2 rings (SSSR count). The first-order chi connectivity index (χ1) is 6.59. The summed E-state index contributed by atoms with van der Waals surface area (Å²) in [6.07, 6.45) is 0. The third-order valence-corrected chi connectivity index (χ3v) is 2.18. The van der Waals surface area contributed by atoms with Gasteiger partial charge < -0.3 is 5.11 Å². The summed E-state index contributed by atoms with van der Waals surface area (Å²) in [5.41, 5.74) is -0.318. The summed E-state index contributed by atoms with van der Waals surface area (Å²) in [4.78, 5) is 11.2. The van der Waals surface area contributed by atoms with E-state index in [1.807, 2.05) is 0 Å². The van der Waals surface area contributed by atoms with Crippen LogP contribution in [0, 0.1) is 5.82 Å². The summed E-state index contributed by atoms with van der Waals surface area (Å²) < 4.78 is 13.9. The Bertz CT molecular complexity index is 560. The first kappa shape index (κ1) is 8.74. The van der Waals surface area contributed by atoms with Crippen LogP contribution in [0.1, 0.15) is 0 Å². The number of rotatable bonds is 0. The van der Waals surface area contributed by atoms with E-state index in [9.17, 15) is 14.3 Å². The third-order valence-electron chi connectivity index (χ3n) is 2.18. The highest BCUT2D eigenvalue weighted by atomic mass is 19.1. The van der Waals surface area contributed by atoms with E-state index in [1.54, 1.807) is 0 Å². The number of pyridine rings is 1. The van der Waals surface area contributed by atoms with E-state index in [1.165, 1.54) is 31.3 Å². The Labute approximate surface area is 79.0 Å². The van der Waals surface area contributed by atoms with Crippen LogP contribution in [0.3, 0.4) is 0 Å². The number of nitrogens with zero attached hydrogens (tertiary/aromatic N) is 1. The average Bonchev–Trinajstić information content (AvgIpc) is 2.16. The molecule has 0 fully saturated rings. The molecule has 1 N–H and O–H groups in total. The maximum atomic E-state index is 12.9. The van der Waals surface area contributed by atoms with Gasteiger partial charge in [-0.05, 0) is 17.5 Å². The minimum absolute atomic E-state index is 0.216. The van der Waals surface area contributed by atoms with E-state index in [2.05, 4.69) is 0 Å². The van der Waals surface area contributed by atoms with E-state index in [-0.39, 0.29) is 11.4 Å². The van der Waals surface area contributed by atoms with Crippen LogP contribution >= 0.6 is 0 Å². The molecule has 1 aromatic heterocycles. The average molecular weight is 193 g/mol. The quantitative estimate of drug-likeness (QED) is 0.686. The SMILES string of the molecule is Cn1c(O)c2cc(F)ccc2cc1=O. The molecular formula is C10H8FNO2. The van der Waals surface area contributed by atoms with Gasteiger partial charge in [0.2, 0.25) is 5.88 Å². The van der Waals surface area contributed by atoms with Crippen molar-refractivity contribution in [2.24, 2.45) is 7.05 Å². The van der Waals surface area contributed by atoms with Gasteiger partial charge in [0.25, 0.3) is 5.56 Å². The lowest BCUT2D eigenvalue weighted by Gasteiger charge is -2.05. The molecule has 0 unspecified atom stereocenters. The molecule has 0 atom stereocenters. The van der Waals surface area contributed by atoms with E-state index in [4.69, 9.17) is 0 Å². The van der Waals surface area contributed by atoms with Crippen LogP contribution in [0.5, 0.6) is 5.88 Å². The molecule has 1 heterocycles. The predicted octanol–water partition coefficient (Wildman–Crippen LogP) is 1.38. The molecule has 1 aromatic carbocycles. The molecule has 0 radical (unpaired) electrons. The summed E-state index contributed by atoms with van der Waals surface area (Å²) in [6, 6.07) is 5.27. The van der Waals surface area contributed by atoms with Crippen molar-refractivity contribution in [1.82, 2.24) is 4.57 Å². The van der Waals surface area contributed by atoms with Crippen molar-refractivity contribution in [2.75, 3.05) is 0 Å². The second-order valence-corrected chi connectivity index (χ2v) is 3.10. The number of hydrogen-bond donors (Lipinski definition) is 1. The first-order valence-electron chi connectivity index (χ1n) is 4.08. The summed E-state index contributed by atoms with van der Waals surface area (Å²) in [5.74, 6) is -0.654. The van der Waals surface area contributed by atoms with Crippen molar-refractivity contribution in [1.29, 1.82) is 0 Å². The topological polar surface area (TPSA) is 42.2 Å². The number of aromatic hydroxyl groups is 1. The predicted molar refractivity (Wildman–Crippen MR) is 50.8 cm³/mol. The second-order valence-electron chi connectivity index (χ2n) is 3.10. The molecule has 0 aliphatic carbocycles. The number of aromatic nitrogens is 1. The fourth-order valence-electron chi connectivity index (χ4n) is 1.36. The smallest absolute Gasteiger partial charge is 0.253 e. The van der Waals surface area contributed by atoms with Crippen LogP contribution in [0.4, 0.5) is 4.39 Å². The summed E-state index contributed by atoms with van der Waals surface area (Å²) in [5, 5.41) is 10.4. The molecule has 0 saturated carbocycles. The van der Waals surface area contributed by atoms with Crippen molar-refractivity contribution in [2.45, 2.75) is 0 Å². The van der Waals surface area contributed by atoms with Gasteiger partial charge in [-0.25, -0.2) is 4.39 Å². The Morgan fingerprint density at radius 1 is 1.36 bits per heavy atom. The highest BCUT2D eigenvalue weighted by molar-refractivity contribution is 5.86. The monoisotopic (exact) mass is 193 g/mol. The van der Waals surface area contributed by atoms with Gasteiger partial charge in [-0.2, -0.15) is 0 Å². The van der Waals surface area contributed by atoms with Crippen molar-refractivity contribution in [3.8, 4) is 5.88 Å². The standard InChI is InChI=1S/C10H8FNO2/c1-12-9(13)4-6-2-3-7(11)5-8(6)10(12)14/h2-5,14H,1H3. The van der Waals surface area contributed by atoms with E-state index >= 15 is 0 Å². The van der Waals surface area contributed by atoms with Crippen LogP contribution < -0.4 is 5.56 Å². The van der Waals surface area contributed by atoms with Crippen LogP contribution in [-0.2, 0) is 7.05 Å². The molecule has 0 spiro atoms. The molecule has 0 aliphatic heterocycles. The van der Waals surface area contributed by atoms with E-state index < -0.39 is 5.82 Å². The highest BCUT2D eigenvalue weighted by Gasteiger charge is 2.06. The Kier molecular flexibility index (Phi) is 1.77. The van der Waals surface area contributed by atoms with Crippen molar-refractivity contribution < 1.29 is 9.50 Å². The summed E-state index contributed by atoms with van der Waals surface area (Å²) in [6.45, 7) is 0. The molecule has 0 amide bonds. The van der Waals surface area contributed by atoms with Crippen LogP contribution in [0.2, 0.25) is 0 Å². The van der Waals surface area contributed by atoms with Crippen LogP contribution in [0.25, 0.3) is 10.8 Å².